The van der Waals surface area contributed by atoms with E-state index in [-0.39, 0.29) is 28.6 Å². The molecule has 0 aliphatic carbocycles. The molecule has 6 nitrogen and oxygen atoms in total. The maximum absolute atomic E-state index is 12.9. The minimum Gasteiger partial charge on any atom is -0.530 e. The number of carboxylic acid groups (broad SMARTS) is 1. The van der Waals surface area contributed by atoms with Crippen LogP contribution in [-0.2, 0) is 16.9 Å². The summed E-state index contributed by atoms with van der Waals surface area (Å²) in [4.78, 5) is 26.7. The van der Waals surface area contributed by atoms with E-state index in [2.05, 4.69) is 6.58 Å². The number of alkyl halides is 3. The van der Waals surface area contributed by atoms with Gasteiger partial charge in [0.1, 0.15) is 18.3 Å². The van der Waals surface area contributed by atoms with Crippen LogP contribution in [0.15, 0.2) is 55.1 Å². The van der Waals surface area contributed by atoms with Crippen LogP contribution in [0.3, 0.4) is 0 Å². The number of halogens is 5. The molecule has 0 unspecified atom stereocenters. The van der Waals surface area contributed by atoms with Crippen molar-refractivity contribution in [2.75, 3.05) is 20.7 Å². The predicted molar refractivity (Wildman–Crippen MR) is 125 cm³/mol. The maximum atomic E-state index is 12.9. The third-order valence-electron chi connectivity index (χ3n) is 5.47. The Kier molecular flexibility index (Phi) is 9.45. The molecule has 0 saturated carbocycles. The van der Waals surface area contributed by atoms with Crippen molar-refractivity contribution in [1.29, 1.82) is 0 Å². The van der Waals surface area contributed by atoms with E-state index in [9.17, 15) is 27.9 Å². The van der Waals surface area contributed by atoms with E-state index in [1.807, 2.05) is 0 Å². The number of para-hydroxylation sites is 1. The average Bonchev–Trinajstić information content (AvgIpc) is 2.77. The van der Waals surface area contributed by atoms with E-state index in [0.717, 1.165) is 9.80 Å². The van der Waals surface area contributed by atoms with Gasteiger partial charge >= 0.3 is 6.18 Å². The van der Waals surface area contributed by atoms with Crippen molar-refractivity contribution >= 4 is 35.2 Å². The van der Waals surface area contributed by atoms with Crippen molar-refractivity contribution in [3.63, 3.8) is 0 Å². The lowest BCUT2D eigenvalue weighted by Gasteiger charge is -2.47. The van der Waals surface area contributed by atoms with Crippen LogP contribution >= 0.6 is 23.2 Å². The Morgan fingerprint density at radius 2 is 1.80 bits per heavy atom. The molecule has 0 spiro atoms. The molecule has 0 aromatic heterocycles. The molecule has 0 bridgehead atoms. The molecule has 35 heavy (non-hydrogen) atoms. The van der Waals surface area contributed by atoms with Gasteiger partial charge in [0.05, 0.1) is 22.7 Å². The Labute approximate surface area is 211 Å². The van der Waals surface area contributed by atoms with E-state index < -0.39 is 36.7 Å². The number of hydrogen-bond acceptors (Lipinski definition) is 4. The van der Waals surface area contributed by atoms with Gasteiger partial charge in [-0.3, -0.25) is 4.79 Å². The highest BCUT2D eigenvalue weighted by Crippen LogP contribution is 2.39. The van der Waals surface area contributed by atoms with Gasteiger partial charge < -0.3 is 24.4 Å². The lowest BCUT2D eigenvalue weighted by atomic mass is 9.83. The summed E-state index contributed by atoms with van der Waals surface area (Å²) in [5.41, 5.74) is -0.861. The largest absolute Gasteiger partial charge is 0.530 e. The summed E-state index contributed by atoms with van der Waals surface area (Å²) >= 11 is 12.3. The molecule has 0 saturated heterocycles. The lowest BCUT2D eigenvalue weighted by Crippen LogP contribution is -2.58. The van der Waals surface area contributed by atoms with Gasteiger partial charge in [-0.25, -0.2) is 0 Å². The normalized spacial score (nSPS) is 13.0. The van der Waals surface area contributed by atoms with E-state index in [1.165, 1.54) is 38.4 Å². The monoisotopic (exact) mass is 531 g/mol. The molecule has 0 fully saturated rings. The fraction of sp³-hybridized carbons (Fsp3) is 0.333. The van der Waals surface area contributed by atoms with Gasteiger partial charge in [0, 0.05) is 25.7 Å². The van der Waals surface area contributed by atoms with Crippen LogP contribution in [0.25, 0.3) is 0 Å². The molecule has 190 valence electrons. The van der Waals surface area contributed by atoms with Crippen molar-refractivity contribution in [3.05, 3.63) is 76.3 Å². The zero-order valence-electron chi connectivity index (χ0n) is 19.1. The Morgan fingerprint density at radius 3 is 2.34 bits per heavy atom. The Morgan fingerprint density at radius 1 is 1.14 bits per heavy atom. The van der Waals surface area contributed by atoms with Crippen molar-refractivity contribution in [3.8, 4) is 5.75 Å². The van der Waals surface area contributed by atoms with Gasteiger partial charge in [-0.1, -0.05) is 53.5 Å². The number of carbonyl (C=O) groups is 2. The number of hydrogen-bond donors (Lipinski definition) is 0. The number of methoxy groups -OCH3 is 1. The molecule has 0 N–H and O–H groups in total. The van der Waals surface area contributed by atoms with Crippen LogP contribution in [0.1, 0.15) is 24.0 Å². The SMILES string of the molecule is C=CC[C@@](CN(C)C(=O)CC(F)(F)F)(c1ccc(Cl)c(Cl)c1)N(Cc1ccccc1OC)C(=O)[O-]. The van der Waals surface area contributed by atoms with Gasteiger partial charge in [-0.05, 0) is 30.2 Å². The van der Waals surface area contributed by atoms with E-state index in [1.54, 1.807) is 24.3 Å². The molecule has 0 heterocycles. The Bertz CT molecular complexity index is 1080. The number of rotatable bonds is 10. The molecule has 1 atom stereocenters. The van der Waals surface area contributed by atoms with Gasteiger partial charge in [0.25, 0.3) is 0 Å². The second kappa shape index (κ2) is 11.7. The van der Waals surface area contributed by atoms with Crippen LogP contribution < -0.4 is 9.84 Å². The number of nitrogens with zero attached hydrogens (tertiary/aromatic N) is 2. The Hall–Kier alpha value is -2.91. The van der Waals surface area contributed by atoms with Crippen LogP contribution in [0.5, 0.6) is 5.75 Å². The van der Waals surface area contributed by atoms with Crippen molar-refractivity contribution in [2.45, 2.75) is 31.1 Å². The smallest absolute Gasteiger partial charge is 0.397 e. The summed E-state index contributed by atoms with van der Waals surface area (Å²) in [7, 11) is 2.59. The number of ether oxygens (including phenoxy) is 1. The van der Waals surface area contributed by atoms with Crippen molar-refractivity contribution < 1.29 is 32.6 Å². The van der Waals surface area contributed by atoms with Crippen molar-refractivity contribution in [1.82, 2.24) is 9.80 Å². The first-order valence-corrected chi connectivity index (χ1v) is 11.1. The van der Waals surface area contributed by atoms with Crippen LogP contribution in [-0.4, -0.2) is 48.7 Å². The third-order valence-corrected chi connectivity index (χ3v) is 6.21. The van der Waals surface area contributed by atoms with E-state index >= 15 is 0 Å². The molecule has 11 heteroatoms. The Balaban J connectivity index is 2.70. The minimum absolute atomic E-state index is 0.0856. The van der Waals surface area contributed by atoms with Crippen molar-refractivity contribution in [2.24, 2.45) is 0 Å². The average molecular weight is 532 g/mol. The number of amides is 2. The summed E-state index contributed by atoms with van der Waals surface area (Å²) in [5.74, 6) is -0.844. The van der Waals surface area contributed by atoms with E-state index in [0.29, 0.717) is 11.3 Å². The fourth-order valence-electron chi connectivity index (χ4n) is 3.83. The summed E-state index contributed by atoms with van der Waals surface area (Å²) in [6, 6.07) is 11.0. The predicted octanol–water partition coefficient (Wildman–Crippen LogP) is 5.03. The first-order valence-electron chi connectivity index (χ1n) is 10.3. The zero-order chi connectivity index (χ0) is 26.4. The summed E-state index contributed by atoms with van der Waals surface area (Å²) in [6.45, 7) is 2.99. The molecule has 2 amide bonds. The molecular weight excluding hydrogens is 508 g/mol. The first-order chi connectivity index (χ1) is 16.3. The highest BCUT2D eigenvalue weighted by atomic mass is 35.5. The summed E-state index contributed by atoms with van der Waals surface area (Å²) in [6.07, 6.45) is -6.74. The molecule has 2 rings (SSSR count). The topological polar surface area (TPSA) is 72.9 Å². The van der Waals surface area contributed by atoms with Gasteiger partial charge in [0.2, 0.25) is 5.91 Å². The second-order valence-electron chi connectivity index (χ2n) is 7.86. The molecule has 2 aromatic rings. The van der Waals surface area contributed by atoms with E-state index in [4.69, 9.17) is 27.9 Å². The quantitative estimate of drug-likeness (QED) is 0.403. The molecule has 0 aliphatic heterocycles. The number of benzene rings is 2. The molecule has 0 radical (unpaired) electrons. The van der Waals surface area contributed by atoms with Crippen LogP contribution in [0.4, 0.5) is 18.0 Å². The summed E-state index contributed by atoms with van der Waals surface area (Å²) in [5, 5.41) is 12.8. The second-order valence-corrected chi connectivity index (χ2v) is 8.67. The highest BCUT2D eigenvalue weighted by molar-refractivity contribution is 6.42. The van der Waals surface area contributed by atoms with Crippen LogP contribution in [0.2, 0.25) is 10.0 Å². The van der Waals surface area contributed by atoms with Gasteiger partial charge in [0.15, 0.2) is 0 Å². The highest BCUT2D eigenvalue weighted by Gasteiger charge is 2.42. The molecular formula is C24H24Cl2F3N2O4-. The zero-order valence-corrected chi connectivity index (χ0v) is 20.6. The lowest BCUT2D eigenvalue weighted by molar-refractivity contribution is -0.274. The molecule has 2 aromatic carbocycles. The number of carbonyl (C=O) groups excluding carboxylic acids is 2. The van der Waals surface area contributed by atoms with Crippen LogP contribution in [0, 0.1) is 0 Å². The van der Waals surface area contributed by atoms with Gasteiger partial charge in [-0.15, -0.1) is 6.58 Å². The number of likely N-dealkylation sites (N-methyl/N-ethyl adjacent to an activating group) is 1. The maximum Gasteiger partial charge on any atom is 0.397 e. The first kappa shape index (κ1) is 28.3. The fourth-order valence-corrected chi connectivity index (χ4v) is 4.13. The third kappa shape index (κ3) is 7.05. The standard InChI is InChI=1S/C24H25Cl2F3N2O4/c1-4-11-23(17-9-10-18(25)19(26)12-17,15-30(2)21(32)13-24(27,28)29)31(22(33)34)14-16-7-5-6-8-20(16)35-3/h4-10,12H,1,11,13-15H2,2-3H3,(H,33,34)/p-1/t23-/m1/s1. The minimum atomic E-state index is -4.73. The van der Waals surface area contributed by atoms with Gasteiger partial charge in [-0.2, -0.15) is 13.2 Å². The summed E-state index contributed by atoms with van der Waals surface area (Å²) < 4.78 is 44.0. The molecule has 0 aliphatic rings.